The van der Waals surface area contributed by atoms with Crippen LogP contribution < -0.4 is 9.47 Å². The average molecular weight is 317 g/mol. The van der Waals surface area contributed by atoms with Gasteiger partial charge in [-0.05, 0) is 30.2 Å². The quantitative estimate of drug-likeness (QED) is 0.639. The van der Waals surface area contributed by atoms with Gasteiger partial charge in [0.2, 0.25) is 5.69 Å². The zero-order chi connectivity index (χ0) is 17.3. The van der Waals surface area contributed by atoms with Gasteiger partial charge < -0.3 is 4.90 Å². The molecule has 0 radical (unpaired) electrons. The van der Waals surface area contributed by atoms with Gasteiger partial charge in [0, 0.05) is 57.9 Å². The molecule has 0 aliphatic carbocycles. The van der Waals surface area contributed by atoms with Gasteiger partial charge in [-0.1, -0.05) is 29.8 Å². The minimum absolute atomic E-state index is 1.20. The van der Waals surface area contributed by atoms with Gasteiger partial charge in [0.05, 0.1) is 0 Å². The summed E-state index contributed by atoms with van der Waals surface area (Å²) in [5.74, 6) is 0. The third-order valence-corrected chi connectivity index (χ3v) is 4.44. The summed E-state index contributed by atoms with van der Waals surface area (Å²) in [6.07, 6.45) is 0. The van der Waals surface area contributed by atoms with Crippen molar-refractivity contribution in [1.29, 1.82) is 0 Å². The van der Waals surface area contributed by atoms with E-state index >= 15 is 0 Å². The molecule has 1 heterocycles. The zero-order valence-corrected chi connectivity index (χ0v) is 15.2. The Morgan fingerprint density at radius 3 is 1.71 bits per heavy atom. The Morgan fingerprint density at radius 2 is 1.21 bits per heavy atom. The van der Waals surface area contributed by atoms with Crippen molar-refractivity contribution in [3.05, 3.63) is 77.6 Å². The maximum Gasteiger partial charge on any atom is 0.211 e. The maximum absolute atomic E-state index is 2.30. The lowest BCUT2D eigenvalue weighted by Crippen LogP contribution is -2.37. The van der Waals surface area contributed by atoms with E-state index in [0.717, 1.165) is 0 Å². The van der Waals surface area contributed by atoms with E-state index in [0.29, 0.717) is 0 Å². The van der Waals surface area contributed by atoms with Crippen molar-refractivity contribution in [2.75, 3.05) is 19.0 Å². The Kier molecular flexibility index (Phi) is 4.39. The first-order valence-electron chi connectivity index (χ1n) is 8.34. The number of nitrogens with zero attached hydrogens (tertiary/aromatic N) is 2. The van der Waals surface area contributed by atoms with Crippen LogP contribution in [-0.2, 0) is 0 Å². The summed E-state index contributed by atoms with van der Waals surface area (Å²) in [7, 11) is 4.13. The molecule has 0 aliphatic rings. The summed E-state index contributed by atoms with van der Waals surface area (Å²) < 4.78 is 2.30. The number of hydrogen-bond donors (Lipinski definition) is 0. The number of anilines is 1. The first-order valence-corrected chi connectivity index (χ1v) is 8.34. The Morgan fingerprint density at radius 1 is 0.667 bits per heavy atom. The average Bonchev–Trinajstić information content (AvgIpc) is 2.55. The van der Waals surface area contributed by atoms with Crippen molar-refractivity contribution in [3.63, 3.8) is 0 Å². The molecule has 0 fully saturated rings. The first-order chi connectivity index (χ1) is 11.5. The number of aryl methyl sites for hydroxylation is 3. The third kappa shape index (κ3) is 3.18. The highest BCUT2D eigenvalue weighted by Crippen LogP contribution is 2.22. The summed E-state index contributed by atoms with van der Waals surface area (Å²) >= 11 is 0. The van der Waals surface area contributed by atoms with Crippen LogP contribution in [0.15, 0.2) is 60.7 Å². The molecule has 0 N–H and O–H groups in total. The molecule has 122 valence electrons. The van der Waals surface area contributed by atoms with Crippen molar-refractivity contribution in [3.8, 4) is 16.8 Å². The molecule has 0 saturated carbocycles. The number of hydrogen-bond acceptors (Lipinski definition) is 1. The lowest BCUT2D eigenvalue weighted by molar-refractivity contribution is -0.609. The number of benzene rings is 2. The van der Waals surface area contributed by atoms with Gasteiger partial charge in [0.1, 0.15) is 0 Å². The molecule has 0 aliphatic heterocycles. The monoisotopic (exact) mass is 317 g/mol. The van der Waals surface area contributed by atoms with Gasteiger partial charge in [-0.3, -0.25) is 0 Å². The van der Waals surface area contributed by atoms with Crippen molar-refractivity contribution in [2.45, 2.75) is 20.8 Å². The van der Waals surface area contributed by atoms with E-state index in [1.807, 2.05) is 0 Å². The molecule has 2 aromatic carbocycles. The van der Waals surface area contributed by atoms with Crippen molar-refractivity contribution in [1.82, 2.24) is 0 Å². The van der Waals surface area contributed by atoms with Crippen LogP contribution >= 0.6 is 0 Å². The smallest absolute Gasteiger partial charge is 0.211 e. The molecule has 3 aromatic rings. The summed E-state index contributed by atoms with van der Waals surface area (Å²) in [6, 6.07) is 21.9. The van der Waals surface area contributed by atoms with E-state index in [1.54, 1.807) is 0 Å². The van der Waals surface area contributed by atoms with E-state index in [4.69, 9.17) is 0 Å². The standard InChI is InChI=1S/C22H25N2/c1-16-6-8-19(9-7-16)20-14-17(2)24(18(3)15-20)22-12-10-21(11-13-22)23(4)5/h6-15H,1-5H3/q+1. The fraction of sp³-hybridized carbons (Fsp3) is 0.227. The van der Waals surface area contributed by atoms with Crippen LogP contribution in [0.1, 0.15) is 17.0 Å². The molecule has 0 unspecified atom stereocenters. The van der Waals surface area contributed by atoms with Gasteiger partial charge in [-0.2, -0.15) is 4.57 Å². The predicted octanol–water partition coefficient (Wildman–Crippen LogP) is 4.62. The minimum atomic E-state index is 1.20. The van der Waals surface area contributed by atoms with Gasteiger partial charge in [0.15, 0.2) is 11.4 Å². The van der Waals surface area contributed by atoms with Gasteiger partial charge in [-0.25, -0.2) is 0 Å². The number of rotatable bonds is 3. The highest BCUT2D eigenvalue weighted by atomic mass is 15.1. The fourth-order valence-electron chi connectivity index (χ4n) is 3.12. The van der Waals surface area contributed by atoms with Gasteiger partial charge in [0.25, 0.3) is 0 Å². The largest absolute Gasteiger partial charge is 0.378 e. The summed E-state index contributed by atoms with van der Waals surface area (Å²) in [5, 5.41) is 0. The van der Waals surface area contributed by atoms with Crippen LogP contribution in [0, 0.1) is 20.8 Å². The second kappa shape index (κ2) is 6.48. The molecular formula is C22H25N2+. The molecule has 1 aromatic heterocycles. The molecule has 0 amide bonds. The second-order valence-corrected chi connectivity index (χ2v) is 6.64. The SMILES string of the molecule is Cc1ccc(-c2cc(C)[n+](-c3ccc(N(C)C)cc3)c(C)c2)cc1. The van der Waals surface area contributed by atoms with Crippen LogP contribution in [0.2, 0.25) is 0 Å². The highest BCUT2D eigenvalue weighted by Gasteiger charge is 2.16. The molecule has 0 atom stereocenters. The molecule has 3 rings (SSSR count). The molecule has 2 heteroatoms. The summed E-state index contributed by atoms with van der Waals surface area (Å²) in [5.41, 5.74) is 8.72. The minimum Gasteiger partial charge on any atom is -0.378 e. The maximum atomic E-state index is 2.30. The van der Waals surface area contributed by atoms with Crippen LogP contribution in [0.25, 0.3) is 16.8 Å². The Bertz CT molecular complexity index is 821. The lowest BCUT2D eigenvalue weighted by Gasteiger charge is -2.12. The predicted molar refractivity (Wildman–Crippen MR) is 102 cm³/mol. The molecule has 0 spiro atoms. The van der Waals surface area contributed by atoms with E-state index in [2.05, 4.69) is 105 Å². The van der Waals surface area contributed by atoms with E-state index in [-0.39, 0.29) is 0 Å². The van der Waals surface area contributed by atoms with Crippen LogP contribution in [0.5, 0.6) is 0 Å². The first kappa shape index (κ1) is 16.3. The topological polar surface area (TPSA) is 7.12 Å². The lowest BCUT2D eigenvalue weighted by atomic mass is 10.0. The highest BCUT2D eigenvalue weighted by molar-refractivity contribution is 5.64. The molecule has 24 heavy (non-hydrogen) atoms. The van der Waals surface area contributed by atoms with Crippen molar-refractivity contribution >= 4 is 5.69 Å². The third-order valence-electron chi connectivity index (χ3n) is 4.44. The molecule has 0 saturated heterocycles. The Hall–Kier alpha value is -2.61. The summed E-state index contributed by atoms with van der Waals surface area (Å²) in [4.78, 5) is 2.12. The molecular weight excluding hydrogens is 292 g/mol. The van der Waals surface area contributed by atoms with Crippen LogP contribution in [0.4, 0.5) is 5.69 Å². The normalized spacial score (nSPS) is 10.7. The Labute approximate surface area is 145 Å². The van der Waals surface area contributed by atoms with E-state index in [1.165, 1.54) is 39.5 Å². The van der Waals surface area contributed by atoms with Crippen LogP contribution in [-0.4, -0.2) is 14.1 Å². The van der Waals surface area contributed by atoms with Crippen LogP contribution in [0.3, 0.4) is 0 Å². The van der Waals surface area contributed by atoms with E-state index < -0.39 is 0 Å². The zero-order valence-electron chi connectivity index (χ0n) is 15.2. The molecule has 0 bridgehead atoms. The molecule has 2 nitrogen and oxygen atoms in total. The van der Waals surface area contributed by atoms with Crippen molar-refractivity contribution in [2.24, 2.45) is 0 Å². The number of aromatic nitrogens is 1. The number of pyridine rings is 1. The van der Waals surface area contributed by atoms with Crippen molar-refractivity contribution < 1.29 is 4.57 Å². The summed E-state index contributed by atoms with van der Waals surface area (Å²) in [6.45, 7) is 6.46. The van der Waals surface area contributed by atoms with E-state index in [9.17, 15) is 0 Å². The second-order valence-electron chi connectivity index (χ2n) is 6.64. The Balaban J connectivity index is 2.02. The fourth-order valence-corrected chi connectivity index (χ4v) is 3.12. The van der Waals surface area contributed by atoms with Gasteiger partial charge in [-0.15, -0.1) is 0 Å². The van der Waals surface area contributed by atoms with Gasteiger partial charge >= 0.3 is 0 Å².